The molecule has 5 heteroatoms. The largest absolute Gasteiger partial charge is 0.325 e. The first-order valence-corrected chi connectivity index (χ1v) is 11.0. The molecule has 0 atom stereocenters. The van der Waals surface area contributed by atoms with Crippen molar-refractivity contribution in [2.75, 3.05) is 18.4 Å². The summed E-state index contributed by atoms with van der Waals surface area (Å²) in [6, 6.07) is 10.7. The van der Waals surface area contributed by atoms with E-state index >= 15 is 0 Å². The molecular formula is C25H28ClFN2O. The topological polar surface area (TPSA) is 32.3 Å². The lowest BCUT2D eigenvalue weighted by molar-refractivity contribution is -0.121. The molecule has 1 amide bonds. The van der Waals surface area contributed by atoms with Crippen LogP contribution >= 0.6 is 11.6 Å². The van der Waals surface area contributed by atoms with E-state index in [0.717, 1.165) is 49.2 Å². The van der Waals surface area contributed by atoms with Gasteiger partial charge in [0.1, 0.15) is 5.82 Å². The number of amides is 1. The summed E-state index contributed by atoms with van der Waals surface area (Å²) in [5.41, 5.74) is 4.32. The Bertz CT molecular complexity index is 977. The predicted octanol–water partition coefficient (Wildman–Crippen LogP) is 6.02. The molecule has 158 valence electrons. The van der Waals surface area contributed by atoms with Gasteiger partial charge in [0.25, 0.3) is 0 Å². The average molecular weight is 427 g/mol. The number of likely N-dealkylation sites (tertiary alicyclic amines) is 1. The van der Waals surface area contributed by atoms with Gasteiger partial charge in [-0.05, 0) is 67.1 Å². The van der Waals surface area contributed by atoms with Crippen molar-refractivity contribution in [1.29, 1.82) is 0 Å². The minimum Gasteiger partial charge on any atom is -0.325 e. The van der Waals surface area contributed by atoms with Crippen LogP contribution in [0, 0.1) is 11.7 Å². The summed E-state index contributed by atoms with van der Waals surface area (Å²) in [4.78, 5) is 15.2. The first-order valence-electron chi connectivity index (χ1n) is 10.6. The van der Waals surface area contributed by atoms with Crippen molar-refractivity contribution in [3.8, 4) is 0 Å². The Balaban J connectivity index is 1.37. The van der Waals surface area contributed by atoms with Gasteiger partial charge >= 0.3 is 0 Å². The second kappa shape index (κ2) is 8.52. The van der Waals surface area contributed by atoms with Crippen LogP contribution in [0.15, 0.2) is 42.5 Å². The van der Waals surface area contributed by atoms with Gasteiger partial charge in [0, 0.05) is 28.7 Å². The van der Waals surface area contributed by atoms with Crippen molar-refractivity contribution in [3.63, 3.8) is 0 Å². The fraction of sp³-hybridized carbons (Fsp3) is 0.400. The molecule has 30 heavy (non-hydrogen) atoms. The van der Waals surface area contributed by atoms with E-state index in [1.165, 1.54) is 17.7 Å². The zero-order valence-corrected chi connectivity index (χ0v) is 18.3. The van der Waals surface area contributed by atoms with E-state index in [1.807, 2.05) is 12.1 Å². The van der Waals surface area contributed by atoms with Gasteiger partial charge in [-0.15, -0.1) is 0 Å². The fourth-order valence-corrected chi connectivity index (χ4v) is 4.73. The Labute approximate surface area is 182 Å². The van der Waals surface area contributed by atoms with Crippen molar-refractivity contribution in [3.05, 3.63) is 70.0 Å². The molecule has 1 aliphatic heterocycles. The second-order valence-electron chi connectivity index (χ2n) is 9.03. The summed E-state index contributed by atoms with van der Waals surface area (Å²) in [5.74, 6) is -0.221. The average Bonchev–Trinajstić information content (AvgIpc) is 2.71. The van der Waals surface area contributed by atoms with Crippen LogP contribution in [0.5, 0.6) is 0 Å². The van der Waals surface area contributed by atoms with Gasteiger partial charge < -0.3 is 5.32 Å². The van der Waals surface area contributed by atoms with E-state index in [2.05, 4.69) is 42.3 Å². The molecule has 0 aromatic heterocycles. The van der Waals surface area contributed by atoms with E-state index in [4.69, 9.17) is 11.6 Å². The number of nitrogens with one attached hydrogen (secondary N) is 1. The maximum absolute atomic E-state index is 13.2. The molecular weight excluding hydrogens is 399 g/mol. The molecule has 0 spiro atoms. The van der Waals surface area contributed by atoms with Crippen molar-refractivity contribution in [2.24, 2.45) is 5.92 Å². The van der Waals surface area contributed by atoms with E-state index in [1.54, 1.807) is 6.07 Å². The number of fused-ring (bicyclic) bond motifs is 1. The first kappa shape index (κ1) is 21.1. The molecule has 1 heterocycles. The van der Waals surface area contributed by atoms with Gasteiger partial charge in [0.15, 0.2) is 0 Å². The SMILES string of the molecule is CC1(C)CC=Cc2c(NC(=O)C3CCN(Cc4ccc(F)cc4Cl)CC3)cccc21. The van der Waals surface area contributed by atoms with Gasteiger partial charge in [-0.3, -0.25) is 9.69 Å². The van der Waals surface area contributed by atoms with Crippen LogP contribution in [0.4, 0.5) is 10.1 Å². The van der Waals surface area contributed by atoms with Gasteiger partial charge in [-0.2, -0.15) is 0 Å². The van der Waals surface area contributed by atoms with Crippen LogP contribution in [-0.2, 0) is 16.8 Å². The Morgan fingerprint density at radius 1 is 1.23 bits per heavy atom. The normalized spacial score (nSPS) is 18.8. The van der Waals surface area contributed by atoms with Gasteiger partial charge in [0.05, 0.1) is 0 Å². The number of hydrogen-bond donors (Lipinski definition) is 1. The number of hydrogen-bond acceptors (Lipinski definition) is 2. The molecule has 4 rings (SSSR count). The molecule has 1 aliphatic carbocycles. The highest BCUT2D eigenvalue weighted by Crippen LogP contribution is 2.38. The van der Waals surface area contributed by atoms with Crippen LogP contribution in [0.3, 0.4) is 0 Å². The zero-order valence-electron chi connectivity index (χ0n) is 17.6. The molecule has 3 nitrogen and oxygen atoms in total. The number of allylic oxidation sites excluding steroid dienone is 1. The van der Waals surface area contributed by atoms with Crippen LogP contribution < -0.4 is 5.32 Å². The summed E-state index contributed by atoms with van der Waals surface area (Å²) in [5, 5.41) is 3.64. The molecule has 1 fully saturated rings. The zero-order chi connectivity index (χ0) is 21.3. The smallest absolute Gasteiger partial charge is 0.227 e. The third kappa shape index (κ3) is 4.45. The number of nitrogens with zero attached hydrogens (tertiary/aromatic N) is 1. The molecule has 0 bridgehead atoms. The highest BCUT2D eigenvalue weighted by molar-refractivity contribution is 6.31. The van der Waals surface area contributed by atoms with Crippen molar-refractivity contribution in [2.45, 2.75) is 45.1 Å². The summed E-state index contributed by atoms with van der Waals surface area (Å²) in [7, 11) is 0. The fourth-order valence-electron chi connectivity index (χ4n) is 4.50. The summed E-state index contributed by atoms with van der Waals surface area (Å²) >= 11 is 6.16. The number of anilines is 1. The number of benzene rings is 2. The molecule has 1 N–H and O–H groups in total. The maximum atomic E-state index is 13.2. The van der Waals surface area contributed by atoms with Crippen LogP contribution in [-0.4, -0.2) is 23.9 Å². The third-order valence-corrected chi connectivity index (χ3v) is 6.73. The molecule has 2 aliphatic rings. The number of carbonyl (C=O) groups is 1. The minimum atomic E-state index is -0.319. The van der Waals surface area contributed by atoms with Crippen LogP contribution in [0.25, 0.3) is 6.08 Å². The Hall–Kier alpha value is -2.17. The first-order chi connectivity index (χ1) is 14.3. The molecule has 0 unspecified atom stereocenters. The summed E-state index contributed by atoms with van der Waals surface area (Å²) < 4.78 is 13.2. The standard InChI is InChI=1S/C25H28ClFN2O/c1-25(2)12-4-5-20-21(25)6-3-7-23(20)28-24(30)17-10-13-29(14-11-17)16-18-8-9-19(27)15-22(18)26/h3-9,15,17H,10-14,16H2,1-2H3,(H,28,30). The van der Waals surface area contributed by atoms with Crippen LogP contribution in [0.1, 0.15) is 49.8 Å². The molecule has 1 saturated heterocycles. The predicted molar refractivity (Wildman–Crippen MR) is 121 cm³/mol. The number of rotatable bonds is 4. The van der Waals surface area contributed by atoms with Crippen molar-refractivity contribution in [1.82, 2.24) is 4.90 Å². The van der Waals surface area contributed by atoms with Gasteiger partial charge in [0.2, 0.25) is 5.91 Å². The lowest BCUT2D eigenvalue weighted by atomic mass is 9.75. The minimum absolute atomic E-state index is 0.00127. The van der Waals surface area contributed by atoms with E-state index in [0.29, 0.717) is 11.6 Å². The van der Waals surface area contributed by atoms with Crippen molar-refractivity contribution >= 4 is 29.3 Å². The Kier molecular flexibility index (Phi) is 5.99. The highest BCUT2D eigenvalue weighted by atomic mass is 35.5. The molecule has 2 aromatic carbocycles. The van der Waals surface area contributed by atoms with Gasteiger partial charge in [-0.1, -0.05) is 55.8 Å². The third-order valence-electron chi connectivity index (χ3n) is 6.37. The summed E-state index contributed by atoms with van der Waals surface area (Å²) in [6.45, 7) is 6.81. The molecule has 2 aromatic rings. The maximum Gasteiger partial charge on any atom is 0.227 e. The van der Waals surface area contributed by atoms with E-state index in [9.17, 15) is 9.18 Å². The lowest BCUT2D eigenvalue weighted by Crippen LogP contribution is -2.38. The second-order valence-corrected chi connectivity index (χ2v) is 9.44. The lowest BCUT2D eigenvalue weighted by Gasteiger charge is -2.32. The van der Waals surface area contributed by atoms with Crippen molar-refractivity contribution < 1.29 is 9.18 Å². The highest BCUT2D eigenvalue weighted by Gasteiger charge is 2.28. The molecule has 0 saturated carbocycles. The van der Waals surface area contributed by atoms with Gasteiger partial charge in [-0.25, -0.2) is 4.39 Å². The number of carbonyl (C=O) groups excluding carboxylic acids is 1. The quantitative estimate of drug-likeness (QED) is 0.647. The number of halogens is 2. The van der Waals surface area contributed by atoms with Crippen LogP contribution in [0.2, 0.25) is 5.02 Å². The molecule has 0 radical (unpaired) electrons. The summed E-state index contributed by atoms with van der Waals surface area (Å²) in [6.07, 6.45) is 6.94. The Morgan fingerprint density at radius 3 is 2.73 bits per heavy atom. The number of piperidine rings is 1. The van der Waals surface area contributed by atoms with E-state index in [-0.39, 0.29) is 23.1 Å². The Morgan fingerprint density at radius 2 is 2.00 bits per heavy atom. The van der Waals surface area contributed by atoms with E-state index < -0.39 is 0 Å². The monoisotopic (exact) mass is 426 g/mol.